The van der Waals surface area contributed by atoms with E-state index in [1.54, 1.807) is 13.8 Å². The number of aryl methyl sites for hydroxylation is 1. The fourth-order valence-electron chi connectivity index (χ4n) is 6.75. The van der Waals surface area contributed by atoms with Crippen molar-refractivity contribution in [2.75, 3.05) is 31.1 Å². The fraction of sp³-hybridized carbons (Fsp3) is 0.576. The molecule has 2 fully saturated rings. The van der Waals surface area contributed by atoms with Crippen molar-refractivity contribution in [3.8, 4) is 5.75 Å². The van der Waals surface area contributed by atoms with Crippen LogP contribution in [0.2, 0.25) is 0 Å². The fourth-order valence-corrected chi connectivity index (χ4v) is 6.75. The van der Waals surface area contributed by atoms with Crippen LogP contribution >= 0.6 is 0 Å². The maximum atomic E-state index is 14.3. The third kappa shape index (κ3) is 6.79. The van der Waals surface area contributed by atoms with Gasteiger partial charge < -0.3 is 25.4 Å². The number of halogens is 3. The molecule has 2 aliphatic heterocycles. The largest absolute Gasteiger partial charge is 0.491 e. The summed E-state index contributed by atoms with van der Waals surface area (Å²) in [5.74, 6) is -0.795. The van der Waals surface area contributed by atoms with Crippen LogP contribution < -0.4 is 15.4 Å². The minimum Gasteiger partial charge on any atom is -0.491 e. The van der Waals surface area contributed by atoms with Crippen molar-refractivity contribution >= 4 is 17.5 Å². The Bertz CT molecular complexity index is 1330. The molecule has 10 heteroatoms. The van der Waals surface area contributed by atoms with E-state index < -0.39 is 29.2 Å². The number of amides is 2. The number of rotatable bonds is 8. The minimum atomic E-state index is -5.19. The van der Waals surface area contributed by atoms with Gasteiger partial charge in [0.15, 0.2) is 0 Å². The lowest BCUT2D eigenvalue weighted by Crippen LogP contribution is -2.57. The molecule has 2 amide bonds. The summed E-state index contributed by atoms with van der Waals surface area (Å²) in [5, 5.41) is 10.9. The van der Waals surface area contributed by atoms with Gasteiger partial charge in [0.2, 0.25) is 5.91 Å². The molecule has 236 valence electrons. The van der Waals surface area contributed by atoms with Crippen molar-refractivity contribution in [2.24, 2.45) is 17.6 Å². The van der Waals surface area contributed by atoms with Crippen molar-refractivity contribution in [3.63, 3.8) is 0 Å². The van der Waals surface area contributed by atoms with E-state index in [4.69, 9.17) is 10.5 Å². The van der Waals surface area contributed by atoms with Gasteiger partial charge in [0.25, 0.3) is 11.5 Å². The van der Waals surface area contributed by atoms with Gasteiger partial charge in [-0.05, 0) is 113 Å². The van der Waals surface area contributed by atoms with Crippen molar-refractivity contribution in [1.29, 1.82) is 0 Å². The molecular formula is C33H44F3N3O4. The number of nitrogens with two attached hydrogens (primary N) is 1. The second-order valence-electron chi connectivity index (χ2n) is 12.5. The van der Waals surface area contributed by atoms with E-state index in [9.17, 15) is 27.9 Å². The standard InChI is InChI=1S/C33H44F3N3O4/c1-20(2)43-27-8-6-7-26(19-27)32(42,33(34,35)36)31(41)39-15-11-25(12-16-39)18-24-9-13-38(14-10-24)29-21(3)17-28(30(37)40)22(4)23(29)5/h6-8,17,19-20,24-25,42H,9-16,18H2,1-5H3,(H2,37,40). The van der Waals surface area contributed by atoms with Gasteiger partial charge in [-0.2, -0.15) is 13.2 Å². The zero-order valence-corrected chi connectivity index (χ0v) is 25.8. The Hall–Kier alpha value is -3.27. The highest BCUT2D eigenvalue weighted by Crippen LogP contribution is 2.43. The Balaban J connectivity index is 1.36. The number of carbonyl (C=O) groups is 2. The highest BCUT2D eigenvalue weighted by molar-refractivity contribution is 5.96. The highest BCUT2D eigenvalue weighted by Gasteiger charge is 2.62. The monoisotopic (exact) mass is 603 g/mol. The third-order valence-corrected chi connectivity index (χ3v) is 9.16. The number of nitrogens with zero attached hydrogens (tertiary/aromatic N) is 2. The van der Waals surface area contributed by atoms with Crippen LogP contribution in [0, 0.1) is 32.6 Å². The van der Waals surface area contributed by atoms with Crippen LogP contribution in [0.1, 0.15) is 78.6 Å². The lowest BCUT2D eigenvalue weighted by molar-refractivity contribution is -0.262. The molecule has 1 atom stereocenters. The van der Waals surface area contributed by atoms with E-state index in [1.165, 1.54) is 12.1 Å². The van der Waals surface area contributed by atoms with Crippen LogP contribution in [-0.2, 0) is 10.4 Å². The average molecular weight is 604 g/mol. The minimum absolute atomic E-state index is 0.163. The average Bonchev–Trinajstić information content (AvgIpc) is 2.94. The summed E-state index contributed by atoms with van der Waals surface area (Å²) in [6.45, 7) is 11.6. The number of carbonyl (C=O) groups excluding carboxylic acids is 2. The Labute approximate surface area is 252 Å². The maximum absolute atomic E-state index is 14.3. The van der Waals surface area contributed by atoms with E-state index in [0.717, 1.165) is 71.8 Å². The van der Waals surface area contributed by atoms with E-state index in [-0.39, 0.29) is 24.9 Å². The van der Waals surface area contributed by atoms with Crippen molar-refractivity contribution in [3.05, 3.63) is 58.1 Å². The second-order valence-corrected chi connectivity index (χ2v) is 12.5. The predicted octanol–water partition coefficient (Wildman–Crippen LogP) is 5.79. The zero-order chi connectivity index (χ0) is 31.7. The lowest BCUT2D eigenvalue weighted by Gasteiger charge is -2.40. The van der Waals surface area contributed by atoms with Crippen LogP contribution in [0.5, 0.6) is 5.75 Å². The third-order valence-electron chi connectivity index (χ3n) is 9.16. The molecule has 4 rings (SSSR count). The molecule has 0 aliphatic carbocycles. The molecule has 0 radical (unpaired) electrons. The van der Waals surface area contributed by atoms with Gasteiger partial charge in [-0.15, -0.1) is 0 Å². The normalized spacial score (nSPS) is 18.6. The molecule has 2 saturated heterocycles. The van der Waals surface area contributed by atoms with E-state index in [2.05, 4.69) is 4.90 Å². The lowest BCUT2D eigenvalue weighted by atomic mass is 9.82. The first-order valence-corrected chi connectivity index (χ1v) is 15.1. The molecule has 2 heterocycles. The SMILES string of the molecule is Cc1cc(C(N)=O)c(C)c(C)c1N1CCC(CC2CCN(C(=O)C(O)(c3cccc(OC(C)C)c3)C(F)(F)F)CC2)CC1. The number of aliphatic hydroxyl groups is 1. The van der Waals surface area contributed by atoms with Crippen LogP contribution in [0.25, 0.3) is 0 Å². The number of anilines is 1. The summed E-state index contributed by atoms with van der Waals surface area (Å²) in [7, 11) is 0. The molecule has 0 spiro atoms. The maximum Gasteiger partial charge on any atom is 0.430 e. The first-order valence-electron chi connectivity index (χ1n) is 15.1. The smallest absolute Gasteiger partial charge is 0.430 e. The highest BCUT2D eigenvalue weighted by atomic mass is 19.4. The molecule has 3 N–H and O–H groups in total. The number of likely N-dealkylation sites (tertiary alicyclic amines) is 1. The van der Waals surface area contributed by atoms with Crippen molar-refractivity contribution in [1.82, 2.24) is 4.90 Å². The molecule has 7 nitrogen and oxygen atoms in total. The molecular weight excluding hydrogens is 559 g/mol. The number of piperidine rings is 2. The van der Waals surface area contributed by atoms with Crippen LogP contribution in [0.3, 0.4) is 0 Å². The summed E-state index contributed by atoms with van der Waals surface area (Å²) in [4.78, 5) is 28.6. The summed E-state index contributed by atoms with van der Waals surface area (Å²) in [5.41, 5.74) is 6.10. The molecule has 0 bridgehead atoms. The molecule has 2 aromatic rings. The number of hydrogen-bond acceptors (Lipinski definition) is 5. The predicted molar refractivity (Wildman–Crippen MR) is 160 cm³/mol. The molecule has 2 aliphatic rings. The topological polar surface area (TPSA) is 96.1 Å². The van der Waals surface area contributed by atoms with Gasteiger partial charge in [0, 0.05) is 43.0 Å². The number of benzene rings is 2. The van der Waals surface area contributed by atoms with Gasteiger partial charge in [0.1, 0.15) is 5.75 Å². The van der Waals surface area contributed by atoms with Crippen LogP contribution in [0.4, 0.5) is 18.9 Å². The van der Waals surface area contributed by atoms with Crippen molar-refractivity contribution in [2.45, 2.75) is 84.6 Å². The van der Waals surface area contributed by atoms with Gasteiger partial charge in [-0.1, -0.05) is 12.1 Å². The quantitative estimate of drug-likeness (QED) is 0.398. The Morgan fingerprint density at radius 3 is 2.09 bits per heavy atom. The number of hydrogen-bond donors (Lipinski definition) is 2. The van der Waals surface area contributed by atoms with E-state index in [0.29, 0.717) is 30.2 Å². The van der Waals surface area contributed by atoms with E-state index >= 15 is 0 Å². The molecule has 2 aromatic carbocycles. The van der Waals surface area contributed by atoms with Gasteiger partial charge >= 0.3 is 6.18 Å². The summed E-state index contributed by atoms with van der Waals surface area (Å²) in [6.07, 6.45) is -1.31. The van der Waals surface area contributed by atoms with Gasteiger partial charge in [-0.3, -0.25) is 9.59 Å². The number of alkyl halides is 3. The Morgan fingerprint density at radius 1 is 0.977 bits per heavy atom. The Morgan fingerprint density at radius 2 is 1.56 bits per heavy atom. The van der Waals surface area contributed by atoms with E-state index in [1.807, 2.05) is 26.8 Å². The molecule has 43 heavy (non-hydrogen) atoms. The second kappa shape index (κ2) is 12.8. The van der Waals surface area contributed by atoms with Crippen molar-refractivity contribution < 1.29 is 32.6 Å². The molecule has 1 unspecified atom stereocenters. The Kier molecular flexibility index (Phi) is 9.69. The van der Waals surface area contributed by atoms with Gasteiger partial charge in [-0.25, -0.2) is 0 Å². The first-order chi connectivity index (χ1) is 20.1. The number of primary amides is 1. The molecule has 0 aromatic heterocycles. The zero-order valence-electron chi connectivity index (χ0n) is 25.8. The van der Waals surface area contributed by atoms with Gasteiger partial charge in [0.05, 0.1) is 6.10 Å². The summed E-state index contributed by atoms with van der Waals surface area (Å²) >= 11 is 0. The number of ether oxygens (including phenoxy) is 1. The first kappa shape index (κ1) is 32.6. The van der Waals surface area contributed by atoms with Crippen LogP contribution in [-0.4, -0.2) is 60.3 Å². The summed E-state index contributed by atoms with van der Waals surface area (Å²) in [6, 6.07) is 6.95. The molecule has 0 saturated carbocycles. The van der Waals surface area contributed by atoms with Crippen LogP contribution in [0.15, 0.2) is 30.3 Å². The summed E-state index contributed by atoms with van der Waals surface area (Å²) < 4.78 is 48.4.